The SMILES string of the molecule is C#C.CCO.COC(=O)Cc1c(C)c([N+](=O)[O-])c2[nH]c(C(=O)NCCC(C)(C)C)cc2c1Br. The Balaban J connectivity index is 0.00000189. The van der Waals surface area contributed by atoms with Crippen LogP contribution in [0.25, 0.3) is 10.9 Å². The van der Waals surface area contributed by atoms with Gasteiger partial charge < -0.3 is 20.1 Å². The smallest absolute Gasteiger partial charge is 0.310 e. The van der Waals surface area contributed by atoms with Crippen molar-refractivity contribution in [3.05, 3.63) is 37.5 Å². The van der Waals surface area contributed by atoms with E-state index in [1.807, 2.05) is 0 Å². The number of amides is 1. The Morgan fingerprint density at radius 3 is 2.33 bits per heavy atom. The Labute approximate surface area is 202 Å². The molecule has 182 valence electrons. The molecular formula is C23H32BrN3O6. The van der Waals surface area contributed by atoms with Gasteiger partial charge in [0.2, 0.25) is 0 Å². The lowest BCUT2D eigenvalue weighted by Crippen LogP contribution is -2.27. The van der Waals surface area contributed by atoms with Crippen molar-refractivity contribution in [2.24, 2.45) is 5.41 Å². The molecule has 2 aromatic rings. The van der Waals surface area contributed by atoms with Crippen molar-refractivity contribution in [3.8, 4) is 12.8 Å². The summed E-state index contributed by atoms with van der Waals surface area (Å²) in [5.41, 5.74) is 1.19. The summed E-state index contributed by atoms with van der Waals surface area (Å²) in [7, 11) is 1.26. The average Bonchev–Trinajstić information content (AvgIpc) is 3.17. The maximum atomic E-state index is 12.5. The topological polar surface area (TPSA) is 135 Å². The number of terminal acetylenes is 1. The first-order valence-corrected chi connectivity index (χ1v) is 10.9. The molecule has 3 N–H and O–H groups in total. The van der Waals surface area contributed by atoms with Crippen LogP contribution in [0.1, 0.15) is 55.7 Å². The Hall–Kier alpha value is -2.90. The molecule has 1 aromatic carbocycles. The molecule has 0 atom stereocenters. The molecule has 2 rings (SSSR count). The van der Waals surface area contributed by atoms with Crippen LogP contribution in [0, 0.1) is 35.3 Å². The van der Waals surface area contributed by atoms with Gasteiger partial charge in [-0.3, -0.25) is 19.7 Å². The van der Waals surface area contributed by atoms with Crippen molar-refractivity contribution in [2.45, 2.75) is 47.5 Å². The molecule has 0 fully saturated rings. The number of hydrogen-bond acceptors (Lipinski definition) is 6. The third-order valence-corrected chi connectivity index (χ3v) is 5.41. The van der Waals surface area contributed by atoms with E-state index in [1.54, 1.807) is 19.9 Å². The van der Waals surface area contributed by atoms with Crippen LogP contribution in [0.3, 0.4) is 0 Å². The Morgan fingerprint density at radius 1 is 1.33 bits per heavy atom. The third kappa shape index (κ3) is 8.51. The zero-order valence-corrected chi connectivity index (χ0v) is 21.5. The number of nitro groups is 1. The van der Waals surface area contributed by atoms with Crippen LogP contribution < -0.4 is 5.32 Å². The van der Waals surface area contributed by atoms with Gasteiger partial charge in [0.05, 0.1) is 18.5 Å². The zero-order valence-electron chi connectivity index (χ0n) is 19.9. The summed E-state index contributed by atoms with van der Waals surface area (Å²) in [6.45, 7) is 10.2. The van der Waals surface area contributed by atoms with Crippen LogP contribution in [0.5, 0.6) is 0 Å². The quantitative estimate of drug-likeness (QED) is 0.223. The number of aromatic nitrogens is 1. The molecule has 1 heterocycles. The maximum absolute atomic E-state index is 12.5. The summed E-state index contributed by atoms with van der Waals surface area (Å²) in [5, 5.41) is 22.5. The summed E-state index contributed by atoms with van der Waals surface area (Å²) < 4.78 is 5.22. The molecule has 0 aliphatic rings. The van der Waals surface area contributed by atoms with Crippen molar-refractivity contribution in [1.82, 2.24) is 10.3 Å². The van der Waals surface area contributed by atoms with Gasteiger partial charge in [-0.25, -0.2) is 0 Å². The van der Waals surface area contributed by atoms with E-state index < -0.39 is 10.9 Å². The number of aromatic amines is 1. The van der Waals surface area contributed by atoms with E-state index >= 15 is 0 Å². The second-order valence-corrected chi connectivity index (χ2v) is 8.92. The van der Waals surface area contributed by atoms with Gasteiger partial charge in [-0.2, -0.15) is 0 Å². The molecule has 1 amide bonds. The van der Waals surface area contributed by atoms with E-state index in [4.69, 9.17) is 9.84 Å². The molecule has 0 bridgehead atoms. The number of hydrogen-bond donors (Lipinski definition) is 3. The number of nitrogens with zero attached hydrogens (tertiary/aromatic N) is 1. The number of esters is 1. The number of halogens is 1. The normalized spacial score (nSPS) is 10.4. The van der Waals surface area contributed by atoms with Gasteiger partial charge in [0, 0.05) is 28.6 Å². The second-order valence-electron chi connectivity index (χ2n) is 8.13. The highest BCUT2D eigenvalue weighted by Crippen LogP contribution is 2.39. The number of benzene rings is 1. The fourth-order valence-corrected chi connectivity index (χ4v) is 3.65. The van der Waals surface area contributed by atoms with E-state index in [-0.39, 0.29) is 41.2 Å². The molecule has 0 spiro atoms. The van der Waals surface area contributed by atoms with E-state index in [0.29, 0.717) is 27.5 Å². The molecule has 9 nitrogen and oxygen atoms in total. The van der Waals surface area contributed by atoms with Crippen molar-refractivity contribution >= 4 is 44.4 Å². The number of ether oxygens (including phenoxy) is 1. The Bertz CT molecular complexity index is 1010. The van der Waals surface area contributed by atoms with Crippen LogP contribution >= 0.6 is 15.9 Å². The molecule has 0 saturated carbocycles. The molecule has 33 heavy (non-hydrogen) atoms. The first kappa shape index (κ1) is 30.1. The summed E-state index contributed by atoms with van der Waals surface area (Å²) in [6, 6.07) is 1.55. The van der Waals surface area contributed by atoms with Crippen LogP contribution in [0.4, 0.5) is 5.69 Å². The standard InChI is InChI=1S/C19H24BrN3O5.C2H6O.C2H2/c1-10-11(9-14(24)28-5)15(20)12-8-13(22-16(12)17(10)23(26)27)18(25)21-7-6-19(2,3)4;1-2-3;1-2/h8,22H,6-7,9H2,1-5H3,(H,21,25);3H,2H2,1H3;1-2H. The minimum atomic E-state index is -0.511. The third-order valence-electron chi connectivity index (χ3n) is 4.50. The van der Waals surface area contributed by atoms with Gasteiger partial charge in [0.15, 0.2) is 0 Å². The zero-order chi connectivity index (χ0) is 25.9. The highest BCUT2D eigenvalue weighted by Gasteiger charge is 2.27. The lowest BCUT2D eigenvalue weighted by Gasteiger charge is -2.17. The van der Waals surface area contributed by atoms with Crippen molar-refractivity contribution in [3.63, 3.8) is 0 Å². The molecule has 0 aliphatic carbocycles. The van der Waals surface area contributed by atoms with Gasteiger partial charge in [-0.15, -0.1) is 12.8 Å². The number of carbonyl (C=O) groups excluding carboxylic acids is 2. The van der Waals surface area contributed by atoms with Crippen LogP contribution in [0.2, 0.25) is 0 Å². The average molecular weight is 526 g/mol. The van der Waals surface area contributed by atoms with Gasteiger partial charge in [0.1, 0.15) is 11.2 Å². The van der Waals surface area contributed by atoms with Crippen LogP contribution in [0.15, 0.2) is 10.5 Å². The predicted octanol–water partition coefficient (Wildman–Crippen LogP) is 4.28. The van der Waals surface area contributed by atoms with Crippen LogP contribution in [-0.4, -0.2) is 47.2 Å². The lowest BCUT2D eigenvalue weighted by atomic mass is 9.92. The number of rotatable bonds is 6. The molecule has 10 heteroatoms. The molecule has 0 unspecified atom stereocenters. The van der Waals surface area contributed by atoms with Crippen molar-refractivity contribution < 1.29 is 24.4 Å². The number of nitro benzene ring substituents is 1. The van der Waals surface area contributed by atoms with E-state index in [1.165, 1.54) is 7.11 Å². The van der Waals surface area contributed by atoms with Crippen molar-refractivity contribution in [2.75, 3.05) is 20.3 Å². The van der Waals surface area contributed by atoms with E-state index in [0.717, 1.165) is 6.42 Å². The second kappa shape index (κ2) is 13.6. The Morgan fingerprint density at radius 2 is 1.88 bits per heavy atom. The number of methoxy groups -OCH3 is 1. The molecule has 0 saturated heterocycles. The number of carbonyl (C=O) groups is 2. The minimum Gasteiger partial charge on any atom is -0.469 e. The number of aliphatic hydroxyl groups is 1. The summed E-state index contributed by atoms with van der Waals surface area (Å²) >= 11 is 3.43. The van der Waals surface area contributed by atoms with Gasteiger partial charge >= 0.3 is 5.97 Å². The highest BCUT2D eigenvalue weighted by molar-refractivity contribution is 9.10. The number of nitrogens with one attached hydrogen (secondary N) is 2. The molecular weight excluding hydrogens is 494 g/mol. The number of aliphatic hydroxyl groups excluding tert-OH is 1. The largest absolute Gasteiger partial charge is 0.469 e. The van der Waals surface area contributed by atoms with Crippen molar-refractivity contribution in [1.29, 1.82) is 0 Å². The van der Waals surface area contributed by atoms with Crippen LogP contribution in [-0.2, 0) is 16.0 Å². The lowest BCUT2D eigenvalue weighted by molar-refractivity contribution is -0.383. The van der Waals surface area contributed by atoms with E-state index in [9.17, 15) is 19.7 Å². The summed E-state index contributed by atoms with van der Waals surface area (Å²) in [4.78, 5) is 38.2. The summed E-state index contributed by atoms with van der Waals surface area (Å²) in [5.74, 6) is -0.845. The fourth-order valence-electron chi connectivity index (χ4n) is 2.90. The number of fused-ring (bicyclic) bond motifs is 1. The highest BCUT2D eigenvalue weighted by atomic mass is 79.9. The Kier molecular flexibility index (Phi) is 12.4. The molecule has 1 aromatic heterocycles. The first-order valence-electron chi connectivity index (χ1n) is 10.1. The monoisotopic (exact) mass is 525 g/mol. The maximum Gasteiger partial charge on any atom is 0.310 e. The first-order chi connectivity index (χ1) is 15.4. The van der Waals surface area contributed by atoms with Gasteiger partial charge in [0.25, 0.3) is 11.6 Å². The minimum absolute atomic E-state index is 0.0788. The van der Waals surface area contributed by atoms with Gasteiger partial charge in [-0.1, -0.05) is 20.8 Å². The predicted molar refractivity (Wildman–Crippen MR) is 132 cm³/mol. The fraction of sp³-hybridized carbons (Fsp3) is 0.478. The summed E-state index contributed by atoms with van der Waals surface area (Å²) in [6.07, 6.45) is 8.68. The molecule has 0 aliphatic heterocycles. The molecule has 0 radical (unpaired) electrons. The van der Waals surface area contributed by atoms with E-state index in [2.05, 4.69) is 59.8 Å². The number of H-pyrrole nitrogens is 1. The van der Waals surface area contributed by atoms with Gasteiger partial charge in [-0.05, 0) is 53.2 Å².